The van der Waals surface area contributed by atoms with E-state index in [1.165, 1.54) is 24.3 Å². The van der Waals surface area contributed by atoms with Crippen molar-refractivity contribution >= 4 is 21.9 Å². The lowest BCUT2D eigenvalue weighted by Gasteiger charge is -2.30. The van der Waals surface area contributed by atoms with E-state index in [1.54, 1.807) is 31.3 Å². The average Bonchev–Trinajstić information content (AvgIpc) is 3.42. The van der Waals surface area contributed by atoms with Gasteiger partial charge in [-0.3, -0.25) is 24.1 Å². The number of likely N-dealkylation sites (N-methyl/N-ethyl adjacent to an activating group) is 1. The van der Waals surface area contributed by atoms with Crippen LogP contribution in [-0.4, -0.2) is 65.3 Å². The van der Waals surface area contributed by atoms with Crippen LogP contribution in [0.15, 0.2) is 71.9 Å². The third kappa shape index (κ3) is 7.25. The van der Waals surface area contributed by atoms with Gasteiger partial charge in [0.2, 0.25) is 11.8 Å². The standard InChI is InChI=1S/C28H33N5O5S/c1-19(29-2)27(34)32-24(16-21-10-12-23(13-11-21)39(36,37)38)28(35)33-14-6-9-26(33)25-18-30-17-22(31-25)15-20-7-4-3-5-8-20/h3-5,7-8,10-13,17-19,24,26,29H,6,9,14-16H2,1-2H3,(H,32,34)(H,36,37,38)/t19-,24-,26?/m0/s1. The van der Waals surface area contributed by atoms with Crippen LogP contribution in [0, 0.1) is 0 Å². The van der Waals surface area contributed by atoms with Crippen LogP contribution in [-0.2, 0) is 32.5 Å². The van der Waals surface area contributed by atoms with Crippen molar-refractivity contribution in [1.29, 1.82) is 0 Å². The van der Waals surface area contributed by atoms with E-state index in [-0.39, 0.29) is 29.2 Å². The molecule has 10 nitrogen and oxygen atoms in total. The lowest BCUT2D eigenvalue weighted by molar-refractivity contribution is -0.137. The molecule has 0 spiro atoms. The molecule has 0 saturated carbocycles. The molecule has 1 fully saturated rings. The molecule has 4 rings (SSSR count). The van der Waals surface area contributed by atoms with Crippen LogP contribution < -0.4 is 10.6 Å². The quantitative estimate of drug-likeness (QED) is 0.326. The highest BCUT2D eigenvalue weighted by atomic mass is 32.2. The minimum atomic E-state index is -4.34. The number of carbonyl (C=O) groups is 2. The van der Waals surface area contributed by atoms with E-state index in [0.29, 0.717) is 24.2 Å². The predicted molar refractivity (Wildman–Crippen MR) is 145 cm³/mol. The summed E-state index contributed by atoms with van der Waals surface area (Å²) in [7, 11) is -2.68. The summed E-state index contributed by atoms with van der Waals surface area (Å²) in [4.78, 5) is 37.4. The van der Waals surface area contributed by atoms with E-state index in [2.05, 4.69) is 15.6 Å². The van der Waals surface area contributed by atoms with E-state index < -0.39 is 22.2 Å². The van der Waals surface area contributed by atoms with Gasteiger partial charge in [0.05, 0.1) is 34.6 Å². The first kappa shape index (κ1) is 28.3. The number of carbonyl (C=O) groups excluding carboxylic acids is 2. The maximum Gasteiger partial charge on any atom is 0.294 e. The molecule has 11 heteroatoms. The Bertz CT molecular complexity index is 1400. The molecule has 0 aliphatic carbocycles. The minimum Gasteiger partial charge on any atom is -0.343 e. The molecule has 3 atom stereocenters. The highest BCUT2D eigenvalue weighted by Gasteiger charge is 2.36. The Morgan fingerprint density at radius 1 is 1.08 bits per heavy atom. The number of nitrogens with one attached hydrogen (secondary N) is 2. The summed E-state index contributed by atoms with van der Waals surface area (Å²) in [6.07, 6.45) is 5.72. The van der Waals surface area contributed by atoms with Crippen LogP contribution in [0.2, 0.25) is 0 Å². The van der Waals surface area contributed by atoms with Gasteiger partial charge in [0.25, 0.3) is 10.1 Å². The summed E-state index contributed by atoms with van der Waals surface area (Å²) in [6, 6.07) is 13.9. The molecule has 39 heavy (non-hydrogen) atoms. The van der Waals surface area contributed by atoms with Gasteiger partial charge in [-0.2, -0.15) is 8.42 Å². The van der Waals surface area contributed by atoms with Gasteiger partial charge in [0.1, 0.15) is 6.04 Å². The summed E-state index contributed by atoms with van der Waals surface area (Å²) in [5.41, 5.74) is 3.27. The van der Waals surface area contributed by atoms with Gasteiger partial charge in [-0.25, -0.2) is 0 Å². The first-order valence-electron chi connectivity index (χ1n) is 12.8. The number of nitrogens with zero attached hydrogens (tertiary/aromatic N) is 3. The summed E-state index contributed by atoms with van der Waals surface area (Å²) in [6.45, 7) is 2.22. The Balaban J connectivity index is 1.56. The summed E-state index contributed by atoms with van der Waals surface area (Å²) in [5.74, 6) is -0.575. The van der Waals surface area contributed by atoms with Crippen molar-refractivity contribution in [2.45, 2.75) is 55.6 Å². The summed E-state index contributed by atoms with van der Waals surface area (Å²) < 4.78 is 32.1. The number of benzene rings is 2. The monoisotopic (exact) mass is 551 g/mol. The molecule has 1 saturated heterocycles. The predicted octanol–water partition coefficient (Wildman–Crippen LogP) is 2.31. The van der Waals surface area contributed by atoms with Crippen LogP contribution in [0.1, 0.15) is 48.3 Å². The van der Waals surface area contributed by atoms with Gasteiger partial charge in [-0.15, -0.1) is 0 Å². The second-order valence-electron chi connectivity index (χ2n) is 9.68. The van der Waals surface area contributed by atoms with E-state index in [9.17, 15) is 22.6 Å². The van der Waals surface area contributed by atoms with E-state index in [4.69, 9.17) is 4.98 Å². The molecular formula is C28H33N5O5S. The van der Waals surface area contributed by atoms with Gasteiger partial charge >= 0.3 is 0 Å². The van der Waals surface area contributed by atoms with Crippen molar-refractivity contribution in [3.8, 4) is 0 Å². The van der Waals surface area contributed by atoms with Crippen molar-refractivity contribution in [3.63, 3.8) is 0 Å². The molecular weight excluding hydrogens is 518 g/mol. The van der Waals surface area contributed by atoms with Crippen molar-refractivity contribution in [3.05, 3.63) is 89.5 Å². The van der Waals surface area contributed by atoms with Crippen LogP contribution in [0.25, 0.3) is 0 Å². The van der Waals surface area contributed by atoms with E-state index >= 15 is 0 Å². The Morgan fingerprint density at radius 2 is 1.79 bits per heavy atom. The number of rotatable bonds is 10. The highest BCUT2D eigenvalue weighted by molar-refractivity contribution is 7.85. The molecule has 1 aliphatic rings. The third-order valence-corrected chi connectivity index (χ3v) is 7.78. The van der Waals surface area contributed by atoms with Crippen LogP contribution in [0.3, 0.4) is 0 Å². The zero-order valence-electron chi connectivity index (χ0n) is 21.9. The minimum absolute atomic E-state index is 0.149. The van der Waals surface area contributed by atoms with Crippen LogP contribution in [0.5, 0.6) is 0 Å². The molecule has 0 radical (unpaired) electrons. The lowest BCUT2D eigenvalue weighted by Crippen LogP contribution is -2.53. The van der Waals surface area contributed by atoms with E-state index in [1.807, 2.05) is 30.3 Å². The molecule has 206 valence electrons. The second kappa shape index (κ2) is 12.5. The molecule has 2 amide bonds. The van der Waals surface area contributed by atoms with Gasteiger partial charge < -0.3 is 15.5 Å². The Labute approximate surface area is 228 Å². The molecule has 2 aromatic carbocycles. The van der Waals surface area contributed by atoms with Crippen molar-refractivity contribution in [1.82, 2.24) is 25.5 Å². The number of hydrogen-bond donors (Lipinski definition) is 3. The fourth-order valence-corrected chi connectivity index (χ4v) is 5.15. The first-order chi connectivity index (χ1) is 18.7. The molecule has 3 aromatic rings. The molecule has 0 bridgehead atoms. The van der Waals surface area contributed by atoms with Crippen LogP contribution >= 0.6 is 0 Å². The topological polar surface area (TPSA) is 142 Å². The van der Waals surface area contributed by atoms with E-state index in [0.717, 1.165) is 24.1 Å². The Hall–Kier alpha value is -3.67. The van der Waals surface area contributed by atoms with Crippen molar-refractivity contribution in [2.24, 2.45) is 0 Å². The smallest absolute Gasteiger partial charge is 0.294 e. The third-order valence-electron chi connectivity index (χ3n) is 6.91. The van der Waals surface area contributed by atoms with Gasteiger partial charge in [0, 0.05) is 25.6 Å². The normalized spacial score (nSPS) is 17.0. The molecule has 1 aromatic heterocycles. The lowest BCUT2D eigenvalue weighted by atomic mass is 10.0. The maximum atomic E-state index is 13.9. The largest absolute Gasteiger partial charge is 0.343 e. The molecule has 2 heterocycles. The van der Waals surface area contributed by atoms with Crippen LogP contribution in [0.4, 0.5) is 0 Å². The fourth-order valence-electron chi connectivity index (χ4n) is 4.67. The fraction of sp³-hybridized carbons (Fsp3) is 0.357. The number of likely N-dealkylation sites (tertiary alicyclic amines) is 1. The summed E-state index contributed by atoms with van der Waals surface area (Å²) in [5, 5.41) is 5.74. The number of amides is 2. The second-order valence-corrected chi connectivity index (χ2v) is 11.1. The Morgan fingerprint density at radius 3 is 2.46 bits per heavy atom. The van der Waals surface area contributed by atoms with Crippen molar-refractivity contribution in [2.75, 3.05) is 13.6 Å². The van der Waals surface area contributed by atoms with Gasteiger partial charge in [-0.1, -0.05) is 42.5 Å². The average molecular weight is 552 g/mol. The zero-order chi connectivity index (χ0) is 28.0. The van der Waals surface area contributed by atoms with Crippen molar-refractivity contribution < 1.29 is 22.6 Å². The molecule has 3 N–H and O–H groups in total. The van der Waals surface area contributed by atoms with Gasteiger partial charge in [0.15, 0.2) is 0 Å². The Kier molecular flexibility index (Phi) is 9.05. The maximum absolute atomic E-state index is 13.9. The summed E-state index contributed by atoms with van der Waals surface area (Å²) >= 11 is 0. The number of hydrogen-bond acceptors (Lipinski definition) is 7. The molecule has 1 unspecified atom stereocenters. The zero-order valence-corrected chi connectivity index (χ0v) is 22.8. The number of aromatic nitrogens is 2. The highest BCUT2D eigenvalue weighted by Crippen LogP contribution is 2.31. The first-order valence-corrected chi connectivity index (χ1v) is 14.3. The van der Waals surface area contributed by atoms with Gasteiger partial charge in [-0.05, 0) is 50.1 Å². The molecule has 1 aliphatic heterocycles. The SMILES string of the molecule is CN[C@@H](C)C(=O)N[C@@H](Cc1ccc(S(=O)(=O)O)cc1)C(=O)N1CCCC1c1cncc(Cc2ccccc2)n1.